The molecule has 0 N–H and O–H groups in total. The summed E-state index contributed by atoms with van der Waals surface area (Å²) in [7, 11) is 0. The number of amides is 1. The van der Waals surface area contributed by atoms with E-state index in [0.717, 1.165) is 32.1 Å². The van der Waals surface area contributed by atoms with Gasteiger partial charge in [-0.1, -0.05) is 42.0 Å². The van der Waals surface area contributed by atoms with Gasteiger partial charge in [0.25, 0.3) is 0 Å². The normalized spacial score (nSPS) is 23.2. The van der Waals surface area contributed by atoms with Gasteiger partial charge in [-0.25, -0.2) is 4.79 Å². The Morgan fingerprint density at radius 1 is 1.16 bits per heavy atom. The van der Waals surface area contributed by atoms with Crippen LogP contribution in [0, 0.1) is 0 Å². The lowest BCUT2D eigenvalue weighted by atomic mass is 9.83. The summed E-state index contributed by atoms with van der Waals surface area (Å²) in [5.41, 5.74) is 2.52. The molecule has 25 heavy (non-hydrogen) atoms. The van der Waals surface area contributed by atoms with Crippen molar-refractivity contribution in [2.24, 2.45) is 0 Å². The van der Waals surface area contributed by atoms with Gasteiger partial charge in [0.05, 0.1) is 6.04 Å². The van der Waals surface area contributed by atoms with Crippen molar-refractivity contribution < 1.29 is 9.53 Å². The zero-order valence-electron chi connectivity index (χ0n) is 15.8. The standard InChI is InChI=1S/C22H31NO2/c1-22(2,3)25-21(24)23-19-13-8-14-20(23)16-18(15-19)12-7-11-17-9-5-4-6-10-17/h4-6,9-10,15,19-20H,7-8,11-14,16H2,1-3H3. The van der Waals surface area contributed by atoms with Gasteiger partial charge in [-0.15, -0.1) is 0 Å². The molecule has 0 spiro atoms. The molecular weight excluding hydrogens is 310 g/mol. The molecule has 1 saturated heterocycles. The molecule has 2 aliphatic rings. The van der Waals surface area contributed by atoms with E-state index in [0.29, 0.717) is 6.04 Å². The predicted molar refractivity (Wildman–Crippen MR) is 102 cm³/mol. The maximum Gasteiger partial charge on any atom is 0.411 e. The Labute approximate surface area is 152 Å². The summed E-state index contributed by atoms with van der Waals surface area (Å²) in [6, 6.07) is 11.2. The van der Waals surface area contributed by atoms with Crippen LogP contribution in [0.25, 0.3) is 0 Å². The van der Waals surface area contributed by atoms with Crippen molar-refractivity contribution in [2.75, 3.05) is 0 Å². The van der Waals surface area contributed by atoms with Gasteiger partial charge in [0, 0.05) is 6.04 Å². The van der Waals surface area contributed by atoms with E-state index in [9.17, 15) is 4.79 Å². The van der Waals surface area contributed by atoms with Crippen LogP contribution < -0.4 is 0 Å². The van der Waals surface area contributed by atoms with Crippen molar-refractivity contribution in [3.8, 4) is 0 Å². The van der Waals surface area contributed by atoms with Crippen LogP contribution >= 0.6 is 0 Å². The van der Waals surface area contributed by atoms with Crippen molar-refractivity contribution in [2.45, 2.75) is 83.4 Å². The van der Waals surface area contributed by atoms with Gasteiger partial charge in [-0.3, -0.25) is 4.90 Å². The third kappa shape index (κ3) is 4.87. The number of carbonyl (C=O) groups is 1. The summed E-state index contributed by atoms with van der Waals surface area (Å²) in [4.78, 5) is 14.6. The molecule has 0 saturated carbocycles. The highest BCUT2D eigenvalue weighted by atomic mass is 16.6. The van der Waals surface area contributed by atoms with Crippen molar-refractivity contribution in [1.82, 2.24) is 4.90 Å². The van der Waals surface area contributed by atoms with E-state index in [1.54, 1.807) is 0 Å². The second kappa shape index (κ2) is 7.63. The average molecular weight is 341 g/mol. The van der Waals surface area contributed by atoms with Crippen LogP contribution in [0.3, 0.4) is 0 Å². The van der Waals surface area contributed by atoms with Crippen LogP contribution in [0.2, 0.25) is 0 Å². The molecule has 0 radical (unpaired) electrons. The van der Waals surface area contributed by atoms with E-state index in [-0.39, 0.29) is 12.1 Å². The molecule has 1 aromatic carbocycles. The van der Waals surface area contributed by atoms with E-state index in [2.05, 4.69) is 36.4 Å². The molecule has 2 bridgehead atoms. The third-order valence-electron chi connectivity index (χ3n) is 5.12. The fourth-order valence-corrected chi connectivity index (χ4v) is 4.07. The highest BCUT2D eigenvalue weighted by Gasteiger charge is 2.38. The van der Waals surface area contributed by atoms with E-state index in [1.807, 2.05) is 25.7 Å². The van der Waals surface area contributed by atoms with Gasteiger partial charge >= 0.3 is 6.09 Å². The van der Waals surface area contributed by atoms with E-state index in [1.165, 1.54) is 24.0 Å². The zero-order chi connectivity index (χ0) is 17.9. The molecule has 3 nitrogen and oxygen atoms in total. The smallest absolute Gasteiger partial charge is 0.411 e. The van der Waals surface area contributed by atoms with Gasteiger partial charge < -0.3 is 4.74 Å². The quantitative estimate of drug-likeness (QED) is 0.677. The van der Waals surface area contributed by atoms with Gasteiger partial charge in [-0.2, -0.15) is 0 Å². The number of hydrogen-bond acceptors (Lipinski definition) is 2. The largest absolute Gasteiger partial charge is 0.444 e. The fourth-order valence-electron chi connectivity index (χ4n) is 4.07. The van der Waals surface area contributed by atoms with E-state index in [4.69, 9.17) is 4.74 Å². The molecule has 1 amide bonds. The molecule has 0 aliphatic carbocycles. The summed E-state index contributed by atoms with van der Waals surface area (Å²) >= 11 is 0. The highest BCUT2D eigenvalue weighted by molar-refractivity contribution is 5.70. The number of nitrogens with zero attached hydrogens (tertiary/aromatic N) is 1. The monoisotopic (exact) mass is 341 g/mol. The number of fused-ring (bicyclic) bond motifs is 2. The number of benzene rings is 1. The first-order chi connectivity index (χ1) is 11.9. The number of carbonyl (C=O) groups excluding carboxylic acids is 1. The lowest BCUT2D eigenvalue weighted by Gasteiger charge is -2.45. The van der Waals surface area contributed by atoms with Gasteiger partial charge in [-0.05, 0) is 71.3 Å². The van der Waals surface area contributed by atoms with E-state index >= 15 is 0 Å². The molecule has 136 valence electrons. The SMILES string of the molecule is CC(C)(C)OC(=O)N1C2C=C(CCCc3ccccc3)CC1CCC2. The Hall–Kier alpha value is -1.77. The minimum Gasteiger partial charge on any atom is -0.444 e. The molecule has 2 aliphatic heterocycles. The van der Waals surface area contributed by atoms with Crippen molar-refractivity contribution in [3.63, 3.8) is 0 Å². The molecule has 0 aromatic heterocycles. The number of hydrogen-bond donors (Lipinski definition) is 0. The summed E-state index contributed by atoms with van der Waals surface area (Å²) < 4.78 is 5.65. The Bertz CT molecular complexity index is 615. The van der Waals surface area contributed by atoms with Crippen LogP contribution in [-0.4, -0.2) is 28.7 Å². The number of rotatable bonds is 4. The maximum atomic E-state index is 12.6. The summed E-state index contributed by atoms with van der Waals surface area (Å²) in [6.45, 7) is 5.82. The number of ether oxygens (including phenoxy) is 1. The topological polar surface area (TPSA) is 29.5 Å². The Kier molecular flexibility index (Phi) is 5.51. The highest BCUT2D eigenvalue weighted by Crippen LogP contribution is 2.35. The van der Waals surface area contributed by atoms with Crippen LogP contribution in [-0.2, 0) is 11.2 Å². The first kappa shape index (κ1) is 18.0. The molecule has 2 heterocycles. The fraction of sp³-hybridized carbons (Fsp3) is 0.591. The minimum absolute atomic E-state index is 0.137. The van der Waals surface area contributed by atoms with E-state index < -0.39 is 5.60 Å². The maximum absolute atomic E-state index is 12.6. The molecule has 3 rings (SSSR count). The Morgan fingerprint density at radius 2 is 1.92 bits per heavy atom. The molecule has 2 unspecified atom stereocenters. The molecule has 3 heteroatoms. The second-order valence-electron chi connectivity index (χ2n) is 8.41. The summed E-state index contributed by atoms with van der Waals surface area (Å²) in [6.07, 6.45) is 10.1. The first-order valence-electron chi connectivity index (χ1n) is 9.67. The Morgan fingerprint density at radius 3 is 2.60 bits per heavy atom. The molecule has 1 fully saturated rings. The molecule has 1 aromatic rings. The van der Waals surface area contributed by atoms with Gasteiger partial charge in [0.1, 0.15) is 5.60 Å². The van der Waals surface area contributed by atoms with Crippen LogP contribution in [0.1, 0.15) is 64.9 Å². The lowest BCUT2D eigenvalue weighted by Crippen LogP contribution is -2.53. The predicted octanol–water partition coefficient (Wildman–Crippen LogP) is 5.50. The number of piperidine rings is 1. The number of aryl methyl sites for hydroxylation is 1. The van der Waals surface area contributed by atoms with Crippen LogP contribution in [0.5, 0.6) is 0 Å². The molecule has 2 atom stereocenters. The first-order valence-corrected chi connectivity index (χ1v) is 9.67. The van der Waals surface area contributed by atoms with Crippen molar-refractivity contribution >= 4 is 6.09 Å². The summed E-state index contributed by atoms with van der Waals surface area (Å²) in [5.74, 6) is 0. The van der Waals surface area contributed by atoms with Crippen molar-refractivity contribution in [1.29, 1.82) is 0 Å². The summed E-state index contributed by atoms with van der Waals surface area (Å²) in [5, 5.41) is 0. The van der Waals surface area contributed by atoms with Gasteiger partial charge in [0.2, 0.25) is 0 Å². The van der Waals surface area contributed by atoms with Crippen LogP contribution in [0.15, 0.2) is 42.0 Å². The average Bonchev–Trinajstić information content (AvgIpc) is 2.53. The molecular formula is C22H31NO2. The second-order valence-corrected chi connectivity index (χ2v) is 8.41. The van der Waals surface area contributed by atoms with Crippen LogP contribution in [0.4, 0.5) is 4.79 Å². The minimum atomic E-state index is -0.426. The lowest BCUT2D eigenvalue weighted by molar-refractivity contribution is -0.00158. The third-order valence-corrected chi connectivity index (χ3v) is 5.12. The Balaban J connectivity index is 1.60. The van der Waals surface area contributed by atoms with Gasteiger partial charge in [0.15, 0.2) is 0 Å². The van der Waals surface area contributed by atoms with Crippen molar-refractivity contribution in [3.05, 3.63) is 47.5 Å². The zero-order valence-corrected chi connectivity index (χ0v) is 15.8.